The first-order chi connectivity index (χ1) is 19.3. The second-order valence-corrected chi connectivity index (χ2v) is 10.8. The zero-order valence-electron chi connectivity index (χ0n) is 23.6. The molecule has 2 amide bonds. The van der Waals surface area contributed by atoms with Crippen LogP contribution in [0.25, 0.3) is 0 Å². The molecule has 1 saturated heterocycles. The summed E-state index contributed by atoms with van der Waals surface area (Å²) >= 11 is 6.12. The summed E-state index contributed by atoms with van der Waals surface area (Å²) in [5, 5.41) is 14.0. The van der Waals surface area contributed by atoms with E-state index in [0.717, 1.165) is 67.9 Å². The molecule has 8 nitrogen and oxygen atoms in total. The molecule has 1 saturated carbocycles. The van der Waals surface area contributed by atoms with Gasteiger partial charge in [0.05, 0.1) is 14.2 Å². The number of carbonyl (C=O) groups excluding carboxylic acids is 1. The van der Waals surface area contributed by atoms with Gasteiger partial charge in [0.25, 0.3) is 0 Å². The molecule has 3 atom stereocenters. The minimum absolute atomic E-state index is 0.0624. The molecular formula is C29H37ClF3N3O5. The average molecular weight is 600 g/mol. The van der Waals surface area contributed by atoms with Crippen LogP contribution < -0.4 is 20.1 Å². The van der Waals surface area contributed by atoms with Gasteiger partial charge in [-0.05, 0) is 87.5 Å². The minimum atomic E-state index is -5.08. The van der Waals surface area contributed by atoms with Crippen molar-refractivity contribution in [3.63, 3.8) is 0 Å². The predicted octanol–water partition coefficient (Wildman–Crippen LogP) is 6.40. The standard InChI is InChI=1S/C27H36ClN3O3.C2HF3O2/c1-5-13-31-14-12-27(19-7-9-23(33-3)24(15-19)34-4)11-10-21(17-25(27)31)29-26(32)30-22-16-20(28)8-6-18(22)2;3-2(4,5)1(6)7/h6-9,15-16,21,25H,5,10-14,17H2,1-4H3,(H2,29,30,32);(H,6,7). The zero-order chi connectivity index (χ0) is 30.4. The molecule has 4 rings (SSSR count). The van der Waals surface area contributed by atoms with Crippen molar-refractivity contribution in [1.82, 2.24) is 10.2 Å². The maximum Gasteiger partial charge on any atom is 0.490 e. The highest BCUT2D eigenvalue weighted by Gasteiger charge is 2.51. The van der Waals surface area contributed by atoms with Crippen LogP contribution in [-0.4, -0.2) is 67.6 Å². The van der Waals surface area contributed by atoms with Crippen molar-refractivity contribution < 1.29 is 37.3 Å². The molecule has 12 heteroatoms. The molecule has 2 aliphatic rings. The van der Waals surface area contributed by atoms with Gasteiger partial charge in [-0.2, -0.15) is 13.2 Å². The summed E-state index contributed by atoms with van der Waals surface area (Å²) in [6.45, 7) is 6.34. The van der Waals surface area contributed by atoms with Gasteiger partial charge in [0.15, 0.2) is 11.5 Å². The minimum Gasteiger partial charge on any atom is -0.493 e. The molecule has 0 aromatic heterocycles. The summed E-state index contributed by atoms with van der Waals surface area (Å²) in [5.41, 5.74) is 3.10. The number of carbonyl (C=O) groups is 2. The van der Waals surface area contributed by atoms with E-state index in [1.54, 1.807) is 20.3 Å². The van der Waals surface area contributed by atoms with Gasteiger partial charge < -0.3 is 25.2 Å². The van der Waals surface area contributed by atoms with E-state index in [2.05, 4.69) is 34.6 Å². The fourth-order valence-corrected chi connectivity index (χ4v) is 6.06. The third-order valence-corrected chi connectivity index (χ3v) is 8.10. The van der Waals surface area contributed by atoms with Crippen LogP contribution in [0.5, 0.6) is 11.5 Å². The van der Waals surface area contributed by atoms with E-state index in [9.17, 15) is 18.0 Å². The van der Waals surface area contributed by atoms with Crippen molar-refractivity contribution in [2.24, 2.45) is 0 Å². The summed E-state index contributed by atoms with van der Waals surface area (Å²) in [5.74, 6) is -1.22. The molecule has 1 aliphatic heterocycles. The molecular weight excluding hydrogens is 563 g/mol. The van der Waals surface area contributed by atoms with Gasteiger partial charge in [-0.25, -0.2) is 9.59 Å². The number of fused-ring (bicyclic) bond motifs is 1. The van der Waals surface area contributed by atoms with E-state index >= 15 is 0 Å². The van der Waals surface area contributed by atoms with Crippen molar-refractivity contribution in [3.8, 4) is 11.5 Å². The predicted molar refractivity (Wildman–Crippen MR) is 151 cm³/mol. The zero-order valence-corrected chi connectivity index (χ0v) is 24.4. The first-order valence-corrected chi connectivity index (χ1v) is 13.8. The Morgan fingerprint density at radius 3 is 2.41 bits per heavy atom. The fourth-order valence-electron chi connectivity index (χ4n) is 5.89. The van der Waals surface area contributed by atoms with Crippen LogP contribution in [-0.2, 0) is 10.2 Å². The Hall–Kier alpha value is -3.18. The van der Waals surface area contributed by atoms with Crippen LogP contribution in [0.2, 0.25) is 5.02 Å². The van der Waals surface area contributed by atoms with Crippen molar-refractivity contribution in [2.75, 3.05) is 32.6 Å². The number of carboxylic acid groups (broad SMARTS) is 1. The van der Waals surface area contributed by atoms with E-state index in [-0.39, 0.29) is 17.5 Å². The van der Waals surface area contributed by atoms with Crippen LogP contribution in [0.15, 0.2) is 36.4 Å². The largest absolute Gasteiger partial charge is 0.493 e. The number of aryl methyl sites for hydroxylation is 1. The van der Waals surface area contributed by atoms with Crippen LogP contribution in [0.4, 0.5) is 23.7 Å². The highest BCUT2D eigenvalue weighted by atomic mass is 35.5. The molecule has 1 heterocycles. The number of alkyl halides is 3. The quantitative estimate of drug-likeness (QED) is 0.341. The molecule has 3 unspecified atom stereocenters. The summed E-state index contributed by atoms with van der Waals surface area (Å²) in [7, 11) is 3.36. The normalized spacial score (nSPS) is 22.1. The van der Waals surface area contributed by atoms with Gasteiger partial charge >= 0.3 is 18.2 Å². The second-order valence-electron chi connectivity index (χ2n) is 10.4. The first-order valence-electron chi connectivity index (χ1n) is 13.4. The van der Waals surface area contributed by atoms with Crippen LogP contribution in [0, 0.1) is 6.92 Å². The van der Waals surface area contributed by atoms with E-state index in [1.165, 1.54) is 5.56 Å². The number of aliphatic carboxylic acids is 1. The monoisotopic (exact) mass is 599 g/mol. The number of rotatable bonds is 7. The molecule has 3 N–H and O–H groups in total. The van der Waals surface area contributed by atoms with Crippen molar-refractivity contribution in [3.05, 3.63) is 52.5 Å². The number of benzene rings is 2. The van der Waals surface area contributed by atoms with Gasteiger partial charge in [-0.15, -0.1) is 0 Å². The van der Waals surface area contributed by atoms with E-state index in [0.29, 0.717) is 11.1 Å². The Morgan fingerprint density at radius 1 is 1.12 bits per heavy atom. The van der Waals surface area contributed by atoms with Crippen molar-refractivity contribution >= 4 is 29.3 Å². The number of hydrogen-bond donors (Lipinski definition) is 3. The highest BCUT2D eigenvalue weighted by molar-refractivity contribution is 6.31. The second kappa shape index (κ2) is 13.7. The Kier molecular flexibility index (Phi) is 10.8. The summed E-state index contributed by atoms with van der Waals surface area (Å²) in [6, 6.07) is 12.2. The molecule has 226 valence electrons. The Bertz CT molecular complexity index is 1230. The number of amides is 2. The first kappa shape index (κ1) is 32.3. The number of carboxylic acids is 1. The lowest BCUT2D eigenvalue weighted by Crippen LogP contribution is -2.53. The van der Waals surface area contributed by atoms with Gasteiger partial charge in [-0.1, -0.05) is 30.7 Å². The topological polar surface area (TPSA) is 100 Å². The van der Waals surface area contributed by atoms with Crippen LogP contribution in [0.1, 0.15) is 50.2 Å². The molecule has 0 radical (unpaired) electrons. The number of halogens is 4. The summed E-state index contributed by atoms with van der Waals surface area (Å²) in [6.07, 6.45) is 0.0382. The lowest BCUT2D eigenvalue weighted by molar-refractivity contribution is -0.192. The lowest BCUT2D eigenvalue weighted by atomic mass is 9.65. The number of nitrogens with zero attached hydrogens (tertiary/aromatic N) is 1. The molecule has 2 aromatic rings. The van der Waals surface area contributed by atoms with E-state index in [4.69, 9.17) is 31.0 Å². The van der Waals surface area contributed by atoms with E-state index in [1.807, 2.05) is 25.1 Å². The maximum absolute atomic E-state index is 12.8. The average Bonchev–Trinajstić information content (AvgIpc) is 3.29. The van der Waals surface area contributed by atoms with Gasteiger partial charge in [0.2, 0.25) is 0 Å². The number of hydrogen-bond acceptors (Lipinski definition) is 5. The lowest BCUT2D eigenvalue weighted by Gasteiger charge is -2.45. The highest BCUT2D eigenvalue weighted by Crippen LogP contribution is 2.50. The molecule has 0 spiro atoms. The van der Waals surface area contributed by atoms with E-state index < -0.39 is 12.1 Å². The number of nitrogens with one attached hydrogen (secondary N) is 2. The van der Waals surface area contributed by atoms with Crippen LogP contribution in [0.3, 0.4) is 0 Å². The SMILES string of the molecule is CCCN1CCC2(c3ccc(OC)c(OC)c3)CCC(NC(=O)Nc3cc(Cl)ccc3C)CC12.O=C(O)C(F)(F)F. The Labute approximate surface area is 243 Å². The van der Waals surface area contributed by atoms with Crippen molar-refractivity contribution in [2.45, 2.75) is 69.6 Å². The Balaban J connectivity index is 0.000000587. The van der Waals surface area contributed by atoms with Gasteiger partial charge in [-0.3, -0.25) is 4.90 Å². The van der Waals surface area contributed by atoms with Gasteiger partial charge in [0.1, 0.15) is 0 Å². The number of methoxy groups -OCH3 is 2. The smallest absolute Gasteiger partial charge is 0.490 e. The summed E-state index contributed by atoms with van der Waals surface area (Å²) < 4.78 is 42.8. The maximum atomic E-state index is 12.8. The number of ether oxygens (including phenoxy) is 2. The number of likely N-dealkylation sites (tertiary alicyclic amines) is 1. The molecule has 2 fully saturated rings. The van der Waals surface area contributed by atoms with Crippen LogP contribution >= 0.6 is 11.6 Å². The van der Waals surface area contributed by atoms with Gasteiger partial charge in [0, 0.05) is 28.2 Å². The third-order valence-electron chi connectivity index (χ3n) is 7.87. The Morgan fingerprint density at radius 2 is 1.80 bits per heavy atom. The molecule has 2 aromatic carbocycles. The summed E-state index contributed by atoms with van der Waals surface area (Å²) in [4.78, 5) is 24.3. The molecule has 1 aliphatic carbocycles. The molecule has 0 bridgehead atoms. The van der Waals surface area contributed by atoms with Crippen molar-refractivity contribution in [1.29, 1.82) is 0 Å². The fraction of sp³-hybridized carbons (Fsp3) is 0.517. The molecule has 41 heavy (non-hydrogen) atoms. The number of anilines is 1. The number of urea groups is 1. The third kappa shape index (κ3) is 7.77.